The highest BCUT2D eigenvalue weighted by atomic mass is 35.5. The number of halogens is 1. The highest BCUT2D eigenvalue weighted by Crippen LogP contribution is 2.44. The monoisotopic (exact) mass is 309 g/mol. The standard InChI is InChI=1S/C16H20ClNOS/c1-12-18(10-11-20-12)15(19)16(8-2-3-9-16)13-4-6-14(17)7-5-13/h4-7,12H,2-3,8-11H2,1H3. The average Bonchev–Trinajstić information content (AvgIpc) is 3.08. The highest BCUT2D eigenvalue weighted by molar-refractivity contribution is 8.00. The maximum absolute atomic E-state index is 13.1. The van der Waals surface area contributed by atoms with Crippen molar-refractivity contribution in [2.24, 2.45) is 0 Å². The van der Waals surface area contributed by atoms with Gasteiger partial charge in [-0.25, -0.2) is 0 Å². The molecular weight excluding hydrogens is 290 g/mol. The molecule has 1 saturated carbocycles. The lowest BCUT2D eigenvalue weighted by Gasteiger charge is -2.34. The van der Waals surface area contributed by atoms with Crippen LogP contribution in [0.3, 0.4) is 0 Å². The maximum atomic E-state index is 13.1. The first kappa shape index (κ1) is 14.3. The van der Waals surface area contributed by atoms with Gasteiger partial charge in [-0.1, -0.05) is 36.6 Å². The smallest absolute Gasteiger partial charge is 0.234 e. The predicted octanol–water partition coefficient (Wildman–Crippen LogP) is 4.07. The fraction of sp³-hybridized carbons (Fsp3) is 0.562. The van der Waals surface area contributed by atoms with Crippen LogP contribution in [0.15, 0.2) is 24.3 Å². The number of rotatable bonds is 2. The molecule has 20 heavy (non-hydrogen) atoms. The lowest BCUT2D eigenvalue weighted by Crippen LogP contribution is -2.46. The summed E-state index contributed by atoms with van der Waals surface area (Å²) in [5.74, 6) is 1.39. The van der Waals surface area contributed by atoms with Crippen LogP contribution in [0, 0.1) is 0 Å². The van der Waals surface area contributed by atoms with Crippen LogP contribution in [0.5, 0.6) is 0 Å². The Hall–Kier alpha value is -0.670. The second kappa shape index (κ2) is 5.61. The summed E-state index contributed by atoms with van der Waals surface area (Å²) in [6.07, 6.45) is 4.23. The fourth-order valence-corrected chi connectivity index (χ4v) is 4.66. The van der Waals surface area contributed by atoms with E-state index in [1.165, 1.54) is 0 Å². The largest absolute Gasteiger partial charge is 0.329 e. The van der Waals surface area contributed by atoms with Crippen molar-refractivity contribution in [3.05, 3.63) is 34.9 Å². The van der Waals surface area contributed by atoms with E-state index in [1.54, 1.807) is 0 Å². The topological polar surface area (TPSA) is 20.3 Å². The van der Waals surface area contributed by atoms with Crippen LogP contribution in [0.1, 0.15) is 38.2 Å². The van der Waals surface area contributed by atoms with E-state index in [4.69, 9.17) is 11.6 Å². The first-order valence-electron chi connectivity index (χ1n) is 7.32. The number of carbonyl (C=O) groups is 1. The van der Waals surface area contributed by atoms with E-state index >= 15 is 0 Å². The van der Waals surface area contributed by atoms with Crippen molar-refractivity contribution in [3.8, 4) is 0 Å². The molecule has 1 heterocycles. The molecule has 1 amide bonds. The summed E-state index contributed by atoms with van der Waals surface area (Å²) in [6, 6.07) is 7.90. The van der Waals surface area contributed by atoms with Gasteiger partial charge in [0.1, 0.15) is 0 Å². The highest BCUT2D eigenvalue weighted by Gasteiger charge is 2.46. The zero-order valence-electron chi connectivity index (χ0n) is 11.8. The van der Waals surface area contributed by atoms with Crippen molar-refractivity contribution in [2.45, 2.75) is 43.4 Å². The Kier molecular flexibility index (Phi) is 4.00. The summed E-state index contributed by atoms with van der Waals surface area (Å²) < 4.78 is 0. The molecule has 1 aromatic carbocycles. The van der Waals surface area contributed by atoms with Crippen LogP contribution < -0.4 is 0 Å². The molecule has 0 radical (unpaired) electrons. The Balaban J connectivity index is 1.95. The summed E-state index contributed by atoms with van der Waals surface area (Å²) in [4.78, 5) is 15.2. The molecule has 0 aromatic heterocycles. The molecule has 3 rings (SSSR count). The third kappa shape index (κ3) is 2.35. The normalized spacial score (nSPS) is 25.1. The summed E-state index contributed by atoms with van der Waals surface area (Å²) in [5, 5.41) is 1.05. The molecule has 1 aliphatic heterocycles. The SMILES string of the molecule is CC1SCCN1C(=O)C1(c2ccc(Cl)cc2)CCCC1. The minimum atomic E-state index is -0.302. The number of carbonyl (C=O) groups excluding carboxylic acids is 1. The van der Waals surface area contributed by atoms with Gasteiger partial charge in [-0.2, -0.15) is 0 Å². The third-order valence-electron chi connectivity index (χ3n) is 4.65. The second-order valence-corrected chi connectivity index (χ2v) is 7.62. The minimum absolute atomic E-state index is 0.302. The molecule has 1 atom stereocenters. The van der Waals surface area contributed by atoms with Crippen LogP contribution in [0.2, 0.25) is 5.02 Å². The van der Waals surface area contributed by atoms with Crippen molar-refractivity contribution in [2.75, 3.05) is 12.3 Å². The quantitative estimate of drug-likeness (QED) is 0.820. The van der Waals surface area contributed by atoms with E-state index in [2.05, 4.69) is 11.8 Å². The van der Waals surface area contributed by atoms with Gasteiger partial charge in [-0.3, -0.25) is 4.79 Å². The van der Waals surface area contributed by atoms with Crippen molar-refractivity contribution in [1.29, 1.82) is 0 Å². The Morgan fingerprint density at radius 2 is 1.95 bits per heavy atom. The van der Waals surface area contributed by atoms with E-state index in [9.17, 15) is 4.79 Å². The number of benzene rings is 1. The van der Waals surface area contributed by atoms with Crippen LogP contribution in [-0.4, -0.2) is 28.5 Å². The molecule has 1 unspecified atom stereocenters. The number of nitrogens with zero attached hydrogens (tertiary/aromatic N) is 1. The van der Waals surface area contributed by atoms with Crippen LogP contribution in [0.4, 0.5) is 0 Å². The molecule has 0 N–H and O–H groups in total. The van der Waals surface area contributed by atoms with Gasteiger partial charge in [0.2, 0.25) is 5.91 Å². The van der Waals surface area contributed by atoms with Crippen LogP contribution >= 0.6 is 23.4 Å². The third-order valence-corrected chi connectivity index (χ3v) is 6.06. The predicted molar refractivity (Wildman–Crippen MR) is 85.2 cm³/mol. The van der Waals surface area contributed by atoms with Gasteiger partial charge in [-0.15, -0.1) is 11.8 Å². The van der Waals surface area contributed by atoms with E-state index < -0.39 is 0 Å². The Morgan fingerprint density at radius 1 is 1.30 bits per heavy atom. The average molecular weight is 310 g/mol. The van der Waals surface area contributed by atoms with Gasteiger partial charge in [0.05, 0.1) is 10.8 Å². The zero-order valence-corrected chi connectivity index (χ0v) is 13.3. The van der Waals surface area contributed by atoms with Gasteiger partial charge in [-0.05, 0) is 37.5 Å². The number of thioether (sulfide) groups is 1. The zero-order chi connectivity index (χ0) is 14.2. The number of hydrogen-bond acceptors (Lipinski definition) is 2. The molecule has 2 nitrogen and oxygen atoms in total. The minimum Gasteiger partial charge on any atom is -0.329 e. The lowest BCUT2D eigenvalue weighted by atomic mass is 9.77. The molecule has 108 valence electrons. The van der Waals surface area contributed by atoms with Crippen molar-refractivity contribution in [1.82, 2.24) is 4.90 Å². The summed E-state index contributed by atoms with van der Waals surface area (Å²) in [7, 11) is 0. The molecule has 0 bridgehead atoms. The van der Waals surface area contributed by atoms with Gasteiger partial charge in [0.15, 0.2) is 0 Å². The summed E-state index contributed by atoms with van der Waals surface area (Å²) >= 11 is 7.87. The van der Waals surface area contributed by atoms with Gasteiger partial charge in [0, 0.05) is 17.3 Å². The summed E-state index contributed by atoms with van der Waals surface area (Å²) in [6.45, 7) is 3.03. The van der Waals surface area contributed by atoms with E-state index in [0.29, 0.717) is 11.3 Å². The molecule has 2 aliphatic rings. The Bertz CT molecular complexity index is 496. The second-order valence-electron chi connectivity index (χ2n) is 5.76. The Labute approximate surface area is 129 Å². The Morgan fingerprint density at radius 3 is 2.50 bits per heavy atom. The maximum Gasteiger partial charge on any atom is 0.234 e. The first-order chi connectivity index (χ1) is 9.63. The number of amides is 1. The molecule has 0 spiro atoms. The first-order valence-corrected chi connectivity index (χ1v) is 8.75. The van der Waals surface area contributed by atoms with Gasteiger partial charge >= 0.3 is 0 Å². The molecule has 2 fully saturated rings. The van der Waals surface area contributed by atoms with Crippen LogP contribution in [-0.2, 0) is 10.2 Å². The molecule has 1 aliphatic carbocycles. The van der Waals surface area contributed by atoms with Crippen molar-refractivity contribution in [3.63, 3.8) is 0 Å². The molecule has 4 heteroatoms. The van der Waals surface area contributed by atoms with Gasteiger partial charge in [0.25, 0.3) is 0 Å². The van der Waals surface area contributed by atoms with Gasteiger partial charge < -0.3 is 4.90 Å². The van der Waals surface area contributed by atoms with Crippen molar-refractivity contribution >= 4 is 29.3 Å². The molecular formula is C16H20ClNOS. The lowest BCUT2D eigenvalue weighted by molar-refractivity contribution is -0.137. The van der Waals surface area contributed by atoms with Crippen LogP contribution in [0.25, 0.3) is 0 Å². The van der Waals surface area contributed by atoms with E-state index in [1.807, 2.05) is 36.0 Å². The molecule has 1 saturated heterocycles. The fourth-order valence-electron chi connectivity index (χ4n) is 3.51. The molecule has 1 aromatic rings. The summed E-state index contributed by atoms with van der Waals surface area (Å²) in [5.41, 5.74) is 0.845. The van der Waals surface area contributed by atoms with E-state index in [-0.39, 0.29) is 5.41 Å². The van der Waals surface area contributed by atoms with E-state index in [0.717, 1.165) is 48.6 Å². The number of hydrogen-bond donors (Lipinski definition) is 0. The van der Waals surface area contributed by atoms with Crippen molar-refractivity contribution < 1.29 is 4.79 Å².